The number of rotatable bonds is 9. The van der Waals surface area contributed by atoms with Crippen LogP contribution in [0.15, 0.2) is 29.2 Å². The predicted octanol–water partition coefficient (Wildman–Crippen LogP) is -0.401. The summed E-state index contributed by atoms with van der Waals surface area (Å²) >= 11 is 0. The third-order valence-corrected chi connectivity index (χ3v) is 4.18. The van der Waals surface area contributed by atoms with Crippen LogP contribution in [0.25, 0.3) is 0 Å². The van der Waals surface area contributed by atoms with Gasteiger partial charge in [-0.25, -0.2) is 13.1 Å². The summed E-state index contributed by atoms with van der Waals surface area (Å²) in [5, 5.41) is 15.9. The zero-order valence-electron chi connectivity index (χ0n) is 12.0. The molecule has 10 heteroatoms. The highest BCUT2D eigenvalue weighted by Crippen LogP contribution is 2.15. The topological polar surface area (TPSA) is 130 Å². The third-order valence-electron chi connectivity index (χ3n) is 2.70. The van der Waals surface area contributed by atoms with Crippen LogP contribution in [0.3, 0.4) is 0 Å². The molecule has 0 aliphatic rings. The van der Waals surface area contributed by atoms with Crippen molar-refractivity contribution in [3.8, 4) is 0 Å². The maximum absolute atomic E-state index is 11.9. The van der Waals surface area contributed by atoms with Gasteiger partial charge in [0.05, 0.1) is 9.82 Å². The van der Waals surface area contributed by atoms with Gasteiger partial charge in [0.1, 0.15) is 0 Å². The molecule has 3 N–H and O–H groups in total. The summed E-state index contributed by atoms with van der Waals surface area (Å²) in [5.41, 5.74) is -0.184. The van der Waals surface area contributed by atoms with E-state index in [1.807, 2.05) is 0 Å². The lowest BCUT2D eigenvalue weighted by atomic mass is 10.3. The number of hydrogen-bond acceptors (Lipinski definition) is 6. The van der Waals surface area contributed by atoms with Crippen molar-refractivity contribution >= 4 is 21.6 Å². The van der Waals surface area contributed by atoms with Gasteiger partial charge in [0, 0.05) is 38.2 Å². The lowest BCUT2D eigenvalue weighted by Gasteiger charge is -2.08. The minimum absolute atomic E-state index is 0.0324. The maximum Gasteiger partial charge on any atom is 0.269 e. The summed E-state index contributed by atoms with van der Waals surface area (Å²) in [6.07, 6.45) is 0.311. The van der Waals surface area contributed by atoms with Crippen LogP contribution in [0, 0.1) is 10.1 Å². The van der Waals surface area contributed by atoms with E-state index >= 15 is 0 Å². The molecule has 1 aromatic rings. The van der Waals surface area contributed by atoms with Gasteiger partial charge in [-0.15, -0.1) is 0 Å². The van der Waals surface area contributed by atoms with Crippen molar-refractivity contribution in [3.63, 3.8) is 0 Å². The minimum atomic E-state index is -3.75. The number of hydrogen-bond donors (Lipinski definition) is 3. The maximum atomic E-state index is 11.9. The van der Waals surface area contributed by atoms with Crippen molar-refractivity contribution in [2.24, 2.45) is 0 Å². The summed E-state index contributed by atoms with van der Waals surface area (Å²) in [6, 6.07) is 4.56. The quantitative estimate of drug-likeness (QED) is 0.321. The van der Waals surface area contributed by atoms with Gasteiger partial charge in [0.25, 0.3) is 5.69 Å². The van der Waals surface area contributed by atoms with Crippen LogP contribution in [0.4, 0.5) is 5.69 Å². The van der Waals surface area contributed by atoms with Crippen molar-refractivity contribution in [2.75, 3.05) is 26.7 Å². The molecule has 0 aliphatic heterocycles. The number of benzene rings is 1. The number of nitro benzene ring substituents is 1. The Morgan fingerprint density at radius 3 is 2.36 bits per heavy atom. The van der Waals surface area contributed by atoms with Crippen molar-refractivity contribution in [3.05, 3.63) is 34.4 Å². The van der Waals surface area contributed by atoms with Crippen molar-refractivity contribution in [2.45, 2.75) is 11.3 Å². The summed E-state index contributed by atoms with van der Waals surface area (Å²) in [7, 11) is -2.03. The van der Waals surface area contributed by atoms with Crippen LogP contribution in [-0.4, -0.2) is 45.9 Å². The second-order valence-electron chi connectivity index (χ2n) is 4.35. The summed E-state index contributed by atoms with van der Waals surface area (Å²) < 4.78 is 26.2. The van der Waals surface area contributed by atoms with Crippen molar-refractivity contribution in [1.29, 1.82) is 0 Å². The number of sulfonamides is 1. The fourth-order valence-electron chi connectivity index (χ4n) is 1.54. The van der Waals surface area contributed by atoms with E-state index in [4.69, 9.17) is 0 Å². The predicted molar refractivity (Wildman–Crippen MR) is 79.8 cm³/mol. The van der Waals surface area contributed by atoms with E-state index in [-0.39, 0.29) is 29.6 Å². The van der Waals surface area contributed by atoms with Crippen LogP contribution in [0.1, 0.15) is 6.42 Å². The van der Waals surface area contributed by atoms with Gasteiger partial charge >= 0.3 is 0 Å². The molecule has 0 radical (unpaired) electrons. The van der Waals surface area contributed by atoms with Gasteiger partial charge in [-0.2, -0.15) is 0 Å². The van der Waals surface area contributed by atoms with E-state index in [2.05, 4.69) is 15.4 Å². The van der Waals surface area contributed by atoms with Gasteiger partial charge < -0.3 is 10.6 Å². The molecule has 1 amide bonds. The van der Waals surface area contributed by atoms with Crippen LogP contribution in [0.2, 0.25) is 0 Å². The molecule has 22 heavy (non-hydrogen) atoms. The third kappa shape index (κ3) is 5.76. The first-order valence-electron chi connectivity index (χ1n) is 6.52. The highest BCUT2D eigenvalue weighted by atomic mass is 32.2. The Balaban J connectivity index is 2.47. The lowest BCUT2D eigenvalue weighted by Crippen LogP contribution is -2.35. The first-order chi connectivity index (χ1) is 10.4. The lowest BCUT2D eigenvalue weighted by molar-refractivity contribution is -0.384. The first kappa shape index (κ1) is 18.0. The molecule has 0 aromatic heterocycles. The second kappa shape index (κ2) is 8.41. The van der Waals surface area contributed by atoms with E-state index < -0.39 is 14.9 Å². The highest BCUT2D eigenvalue weighted by molar-refractivity contribution is 7.89. The molecule has 9 nitrogen and oxygen atoms in total. The Kier molecular flexibility index (Phi) is 6.89. The smallest absolute Gasteiger partial charge is 0.269 e. The first-order valence-corrected chi connectivity index (χ1v) is 8.00. The molecular weight excluding hydrogens is 312 g/mol. The molecule has 122 valence electrons. The number of nitro groups is 1. The standard InChI is InChI=1S/C12H18N4O5S/c1-13-7-6-12(17)14-8-9-15-22(20,21)11-4-2-10(3-5-11)16(18)19/h2-5,13,15H,6-9H2,1H3,(H,14,17). The highest BCUT2D eigenvalue weighted by Gasteiger charge is 2.15. The molecule has 0 heterocycles. The Labute approximate surface area is 128 Å². The number of nitrogens with one attached hydrogen (secondary N) is 3. The molecule has 0 bridgehead atoms. The molecule has 0 atom stereocenters. The van der Waals surface area contributed by atoms with Gasteiger partial charge in [-0.05, 0) is 19.2 Å². The molecule has 0 saturated carbocycles. The van der Waals surface area contributed by atoms with Crippen LogP contribution in [0.5, 0.6) is 0 Å². The van der Waals surface area contributed by atoms with Crippen LogP contribution < -0.4 is 15.4 Å². The van der Waals surface area contributed by atoms with E-state index in [1.54, 1.807) is 7.05 Å². The molecular formula is C12H18N4O5S. The molecule has 0 fully saturated rings. The fraction of sp³-hybridized carbons (Fsp3) is 0.417. The van der Waals surface area contributed by atoms with Gasteiger partial charge in [0.2, 0.25) is 15.9 Å². The number of carbonyl (C=O) groups excluding carboxylic acids is 1. The Morgan fingerprint density at radius 1 is 1.18 bits per heavy atom. The monoisotopic (exact) mass is 330 g/mol. The van der Waals surface area contributed by atoms with Crippen LogP contribution >= 0.6 is 0 Å². The van der Waals surface area contributed by atoms with Crippen LogP contribution in [-0.2, 0) is 14.8 Å². The van der Waals surface area contributed by atoms with Crippen molar-refractivity contribution in [1.82, 2.24) is 15.4 Å². The summed E-state index contributed by atoms with van der Waals surface area (Å²) in [4.78, 5) is 21.1. The Bertz CT molecular complexity index is 615. The summed E-state index contributed by atoms with van der Waals surface area (Å²) in [5.74, 6) is -0.177. The number of amides is 1. The number of nitrogens with zero attached hydrogens (tertiary/aromatic N) is 1. The van der Waals surface area contributed by atoms with Gasteiger partial charge in [-0.1, -0.05) is 0 Å². The Hall–Kier alpha value is -2.04. The molecule has 1 aromatic carbocycles. The molecule has 0 unspecified atom stereocenters. The van der Waals surface area contributed by atoms with Gasteiger partial charge in [0.15, 0.2) is 0 Å². The van der Waals surface area contributed by atoms with Gasteiger partial charge in [-0.3, -0.25) is 14.9 Å². The van der Waals surface area contributed by atoms with E-state index in [1.165, 1.54) is 0 Å². The minimum Gasteiger partial charge on any atom is -0.355 e. The average molecular weight is 330 g/mol. The zero-order chi connectivity index (χ0) is 16.6. The van der Waals surface area contributed by atoms with E-state index in [0.717, 1.165) is 24.3 Å². The molecule has 0 spiro atoms. The molecule has 0 aliphatic carbocycles. The second-order valence-corrected chi connectivity index (χ2v) is 6.12. The molecule has 0 saturated heterocycles. The fourth-order valence-corrected chi connectivity index (χ4v) is 2.58. The number of non-ortho nitro benzene ring substituents is 1. The largest absolute Gasteiger partial charge is 0.355 e. The van der Waals surface area contributed by atoms with E-state index in [0.29, 0.717) is 13.0 Å². The summed E-state index contributed by atoms with van der Waals surface area (Å²) in [6.45, 7) is 0.736. The van der Waals surface area contributed by atoms with Crippen molar-refractivity contribution < 1.29 is 18.1 Å². The zero-order valence-corrected chi connectivity index (χ0v) is 12.9. The number of carbonyl (C=O) groups is 1. The SMILES string of the molecule is CNCCC(=O)NCCNS(=O)(=O)c1ccc([N+](=O)[O-])cc1. The Morgan fingerprint density at radius 2 is 1.82 bits per heavy atom. The van der Waals surface area contributed by atoms with E-state index in [9.17, 15) is 23.3 Å². The average Bonchev–Trinajstić information content (AvgIpc) is 2.49. The normalized spacial score (nSPS) is 11.1. The molecule has 1 rings (SSSR count).